The predicted molar refractivity (Wildman–Crippen MR) is 56.3 cm³/mol. The van der Waals surface area contributed by atoms with E-state index in [1.807, 2.05) is 0 Å². The topological polar surface area (TPSA) is 27.0 Å². The summed E-state index contributed by atoms with van der Waals surface area (Å²) in [4.78, 5) is 2.24. The van der Waals surface area contributed by atoms with Crippen LogP contribution in [0.25, 0.3) is 0 Å². The molecule has 1 atom stereocenters. The lowest BCUT2D eigenvalue weighted by Gasteiger charge is -2.34. The zero-order chi connectivity index (χ0) is 10.6. The van der Waals surface area contributed by atoms with Gasteiger partial charge in [-0.25, -0.2) is 0 Å². The van der Waals surface area contributed by atoms with Crippen molar-refractivity contribution in [2.24, 2.45) is 11.8 Å². The van der Waals surface area contributed by atoms with Gasteiger partial charge in [-0.15, -0.1) is 0 Å². The van der Waals surface area contributed by atoms with Gasteiger partial charge in [0.1, 0.15) is 0 Å². The average Bonchev–Trinajstić information content (AvgIpc) is 1.96. The van der Waals surface area contributed by atoms with Crippen molar-refractivity contribution >= 4 is 0 Å². The molecule has 0 heterocycles. The van der Waals surface area contributed by atoms with Crippen LogP contribution in [0.15, 0.2) is 0 Å². The maximum Gasteiger partial charge on any atom is 0.0672 e. The highest BCUT2D eigenvalue weighted by Gasteiger charge is 2.22. The number of hydrogen-bond donors (Lipinski definition) is 0. The first-order valence-corrected chi connectivity index (χ1v) is 4.90. The third-order valence-electron chi connectivity index (χ3n) is 2.59. The van der Waals surface area contributed by atoms with Crippen molar-refractivity contribution in [1.82, 2.24) is 4.90 Å². The first-order chi connectivity index (χ1) is 5.79. The zero-order valence-corrected chi connectivity index (χ0v) is 9.76. The molecular weight excluding hydrogens is 160 g/mol. The molecule has 1 unspecified atom stereocenters. The van der Waals surface area contributed by atoms with Gasteiger partial charge >= 0.3 is 0 Å². The largest absolute Gasteiger partial charge is 0.300 e. The van der Waals surface area contributed by atoms with Crippen LogP contribution in [0.4, 0.5) is 0 Å². The van der Waals surface area contributed by atoms with Gasteiger partial charge in [-0.1, -0.05) is 13.8 Å². The smallest absolute Gasteiger partial charge is 0.0672 e. The van der Waals surface area contributed by atoms with Crippen LogP contribution in [0.5, 0.6) is 0 Å². The highest BCUT2D eigenvalue weighted by atomic mass is 15.2. The summed E-state index contributed by atoms with van der Waals surface area (Å²) < 4.78 is 0. The molecule has 2 heteroatoms. The Morgan fingerprint density at radius 2 is 1.77 bits per heavy atom. The van der Waals surface area contributed by atoms with Crippen molar-refractivity contribution in [2.75, 3.05) is 13.6 Å². The standard InChI is InChI=1S/C11H22N2/c1-9(2)10(7-12)8-13(6)11(3,4)5/h9-10H,8H2,1-6H3. The summed E-state index contributed by atoms with van der Waals surface area (Å²) in [5.41, 5.74) is 0.157. The molecule has 0 spiro atoms. The van der Waals surface area contributed by atoms with E-state index < -0.39 is 0 Å². The molecule has 0 radical (unpaired) electrons. The molecule has 0 aliphatic rings. The quantitative estimate of drug-likeness (QED) is 0.670. The Bertz CT molecular complexity index is 183. The fourth-order valence-electron chi connectivity index (χ4n) is 0.970. The van der Waals surface area contributed by atoms with Crippen molar-refractivity contribution in [1.29, 1.82) is 5.26 Å². The Labute approximate surface area is 82.5 Å². The van der Waals surface area contributed by atoms with E-state index >= 15 is 0 Å². The van der Waals surface area contributed by atoms with E-state index in [0.29, 0.717) is 5.92 Å². The second-order valence-corrected chi connectivity index (χ2v) is 5.03. The monoisotopic (exact) mass is 182 g/mol. The van der Waals surface area contributed by atoms with Crippen LogP contribution in [0.1, 0.15) is 34.6 Å². The summed E-state index contributed by atoms with van der Waals surface area (Å²) in [5, 5.41) is 8.93. The lowest BCUT2D eigenvalue weighted by molar-refractivity contribution is 0.149. The van der Waals surface area contributed by atoms with Gasteiger partial charge in [0.05, 0.1) is 12.0 Å². The van der Waals surface area contributed by atoms with Crippen molar-refractivity contribution in [3.63, 3.8) is 0 Å². The van der Waals surface area contributed by atoms with Crippen LogP contribution in [0.2, 0.25) is 0 Å². The Hall–Kier alpha value is -0.550. The molecule has 0 saturated carbocycles. The fraction of sp³-hybridized carbons (Fsp3) is 0.909. The van der Waals surface area contributed by atoms with Crippen molar-refractivity contribution < 1.29 is 0 Å². The lowest BCUT2D eigenvalue weighted by atomic mass is 9.95. The SMILES string of the molecule is CC(C)C(C#N)CN(C)C(C)(C)C. The molecule has 0 aromatic carbocycles. The normalized spacial score (nSPS) is 14.7. The summed E-state index contributed by atoms with van der Waals surface area (Å²) in [6.07, 6.45) is 0. The first kappa shape index (κ1) is 12.4. The maximum atomic E-state index is 8.93. The summed E-state index contributed by atoms with van der Waals surface area (Å²) in [6.45, 7) is 11.6. The van der Waals surface area contributed by atoms with Crippen molar-refractivity contribution in [3.8, 4) is 6.07 Å². The van der Waals surface area contributed by atoms with E-state index in [-0.39, 0.29) is 11.5 Å². The van der Waals surface area contributed by atoms with Crippen LogP contribution in [-0.4, -0.2) is 24.0 Å². The Balaban J connectivity index is 4.20. The minimum absolute atomic E-state index is 0.143. The third kappa shape index (κ3) is 4.28. The Kier molecular flexibility index (Phi) is 4.43. The molecule has 0 amide bonds. The van der Waals surface area contributed by atoms with Gasteiger partial charge in [-0.3, -0.25) is 0 Å². The number of nitriles is 1. The van der Waals surface area contributed by atoms with E-state index in [0.717, 1.165) is 6.54 Å². The van der Waals surface area contributed by atoms with Gasteiger partial charge in [0.15, 0.2) is 0 Å². The molecule has 0 aliphatic carbocycles. The first-order valence-electron chi connectivity index (χ1n) is 4.90. The summed E-state index contributed by atoms with van der Waals surface area (Å²) >= 11 is 0. The van der Waals surface area contributed by atoms with Gasteiger partial charge in [-0.05, 0) is 33.7 Å². The van der Waals surface area contributed by atoms with Crippen LogP contribution in [0, 0.1) is 23.2 Å². The van der Waals surface area contributed by atoms with Crippen LogP contribution in [0.3, 0.4) is 0 Å². The van der Waals surface area contributed by atoms with Crippen LogP contribution >= 0.6 is 0 Å². The second kappa shape index (κ2) is 4.62. The highest BCUT2D eigenvalue weighted by Crippen LogP contribution is 2.16. The summed E-state index contributed by atoms with van der Waals surface area (Å²) in [6, 6.07) is 2.36. The molecular formula is C11H22N2. The van der Waals surface area contributed by atoms with Gasteiger partial charge < -0.3 is 4.90 Å². The van der Waals surface area contributed by atoms with Crippen molar-refractivity contribution in [3.05, 3.63) is 0 Å². The zero-order valence-electron chi connectivity index (χ0n) is 9.76. The molecule has 0 rings (SSSR count). The molecule has 13 heavy (non-hydrogen) atoms. The summed E-state index contributed by atoms with van der Waals surface area (Å²) in [5.74, 6) is 0.582. The van der Waals surface area contributed by atoms with Gasteiger partial charge in [-0.2, -0.15) is 5.26 Å². The average molecular weight is 182 g/mol. The molecule has 0 aromatic rings. The maximum absolute atomic E-state index is 8.93. The predicted octanol–water partition coefficient (Wildman–Crippen LogP) is 2.51. The second-order valence-electron chi connectivity index (χ2n) is 5.03. The minimum atomic E-state index is 0.143. The van der Waals surface area contributed by atoms with Gasteiger partial charge in [0, 0.05) is 12.1 Å². The number of nitrogens with zero attached hydrogens (tertiary/aromatic N) is 2. The summed E-state index contributed by atoms with van der Waals surface area (Å²) in [7, 11) is 2.08. The molecule has 0 N–H and O–H groups in total. The molecule has 0 saturated heterocycles. The molecule has 0 aliphatic heterocycles. The molecule has 0 bridgehead atoms. The Morgan fingerprint density at radius 3 is 2.00 bits per heavy atom. The molecule has 76 valence electrons. The van der Waals surface area contributed by atoms with Crippen LogP contribution < -0.4 is 0 Å². The van der Waals surface area contributed by atoms with E-state index in [1.165, 1.54) is 0 Å². The van der Waals surface area contributed by atoms with Gasteiger partial charge in [0.25, 0.3) is 0 Å². The fourth-order valence-corrected chi connectivity index (χ4v) is 0.970. The lowest BCUT2D eigenvalue weighted by Crippen LogP contribution is -2.41. The van der Waals surface area contributed by atoms with Gasteiger partial charge in [0.2, 0.25) is 0 Å². The van der Waals surface area contributed by atoms with E-state index in [2.05, 4.69) is 52.6 Å². The number of rotatable bonds is 3. The van der Waals surface area contributed by atoms with Crippen molar-refractivity contribution in [2.45, 2.75) is 40.2 Å². The Morgan fingerprint density at radius 1 is 1.31 bits per heavy atom. The van der Waals surface area contributed by atoms with Crippen LogP contribution in [-0.2, 0) is 0 Å². The molecule has 0 aromatic heterocycles. The van der Waals surface area contributed by atoms with E-state index in [9.17, 15) is 0 Å². The molecule has 0 fully saturated rings. The van der Waals surface area contributed by atoms with E-state index in [1.54, 1.807) is 0 Å². The number of hydrogen-bond acceptors (Lipinski definition) is 2. The highest BCUT2D eigenvalue weighted by molar-refractivity contribution is 4.89. The molecule has 2 nitrogen and oxygen atoms in total. The third-order valence-corrected chi connectivity index (χ3v) is 2.59. The minimum Gasteiger partial charge on any atom is -0.300 e. The van der Waals surface area contributed by atoms with E-state index in [4.69, 9.17) is 5.26 Å².